The summed E-state index contributed by atoms with van der Waals surface area (Å²) >= 11 is 0. The van der Waals surface area contributed by atoms with Crippen LogP contribution < -0.4 is 14.8 Å². The van der Waals surface area contributed by atoms with E-state index >= 15 is 0 Å². The molecule has 0 radical (unpaired) electrons. The topological polar surface area (TPSA) is 83.6 Å². The Hall–Kier alpha value is -3.30. The molecule has 3 amide bonds. The third-order valence-electron chi connectivity index (χ3n) is 6.67. The van der Waals surface area contributed by atoms with Crippen molar-refractivity contribution in [2.75, 3.05) is 59.2 Å². The molecule has 2 aromatic rings. The first kappa shape index (κ1) is 23.4. The largest absolute Gasteiger partial charge is 0.454 e. The fourth-order valence-corrected chi connectivity index (χ4v) is 4.76. The molecule has 3 aliphatic rings. The zero-order valence-electron chi connectivity index (χ0n) is 19.9. The normalized spacial score (nSPS) is 20.4. The minimum Gasteiger partial charge on any atom is -0.454 e. The first-order chi connectivity index (χ1) is 17.2. The lowest BCUT2D eigenvalue weighted by molar-refractivity contribution is -0.0299. The molecule has 0 saturated carbocycles. The molecule has 9 heteroatoms. The predicted octanol–water partition coefficient (Wildman–Crippen LogP) is 2.17. The number of hydrogen-bond acceptors (Lipinski definition) is 6. The van der Waals surface area contributed by atoms with Gasteiger partial charge in [0.2, 0.25) is 6.79 Å². The van der Waals surface area contributed by atoms with Gasteiger partial charge in [0.05, 0.1) is 12.7 Å². The van der Waals surface area contributed by atoms with Crippen molar-refractivity contribution in [2.24, 2.45) is 0 Å². The number of fused-ring (bicyclic) bond motifs is 1. The smallest absolute Gasteiger partial charge is 0.317 e. The third-order valence-corrected chi connectivity index (χ3v) is 6.67. The Morgan fingerprint density at radius 2 is 1.77 bits per heavy atom. The first-order valence-electron chi connectivity index (χ1n) is 12.3. The summed E-state index contributed by atoms with van der Waals surface area (Å²) < 4.78 is 16.7. The lowest BCUT2D eigenvalue weighted by atomic mass is 10.1. The van der Waals surface area contributed by atoms with E-state index in [0.717, 1.165) is 31.6 Å². The van der Waals surface area contributed by atoms with Crippen molar-refractivity contribution >= 4 is 11.9 Å². The molecule has 186 valence electrons. The van der Waals surface area contributed by atoms with Crippen LogP contribution in [0.4, 0.5) is 4.79 Å². The molecule has 0 aromatic heterocycles. The summed E-state index contributed by atoms with van der Waals surface area (Å²) in [5.41, 5.74) is 1.70. The number of carbonyl (C=O) groups is 2. The summed E-state index contributed by atoms with van der Waals surface area (Å²) in [6.45, 7) is 6.18. The van der Waals surface area contributed by atoms with Crippen molar-refractivity contribution < 1.29 is 23.8 Å². The number of carbonyl (C=O) groups excluding carboxylic acids is 2. The molecule has 2 saturated heterocycles. The van der Waals surface area contributed by atoms with Gasteiger partial charge >= 0.3 is 6.03 Å². The molecular weight excluding hydrogens is 448 g/mol. The molecule has 1 unspecified atom stereocenters. The van der Waals surface area contributed by atoms with Crippen molar-refractivity contribution in [3.05, 3.63) is 59.7 Å². The second kappa shape index (κ2) is 11.0. The monoisotopic (exact) mass is 480 g/mol. The Labute approximate surface area is 205 Å². The summed E-state index contributed by atoms with van der Waals surface area (Å²) in [7, 11) is 0. The molecule has 2 fully saturated rings. The van der Waals surface area contributed by atoms with Gasteiger partial charge in [-0.15, -0.1) is 0 Å². The highest BCUT2D eigenvalue weighted by Crippen LogP contribution is 2.32. The van der Waals surface area contributed by atoms with Gasteiger partial charge in [-0.25, -0.2) is 4.79 Å². The van der Waals surface area contributed by atoms with E-state index in [1.54, 1.807) is 18.2 Å². The molecular formula is C26H32N4O5. The Kier molecular flexibility index (Phi) is 7.34. The van der Waals surface area contributed by atoms with Crippen LogP contribution in [0.3, 0.4) is 0 Å². The minimum atomic E-state index is -0.0569. The maximum absolute atomic E-state index is 13.1. The molecule has 5 rings (SSSR count). The van der Waals surface area contributed by atoms with Crippen molar-refractivity contribution in [3.8, 4) is 11.5 Å². The van der Waals surface area contributed by atoms with E-state index in [0.29, 0.717) is 56.4 Å². The standard InChI is InChI=1S/C26H32N4O5/c31-25(21-7-8-23-24(15-21)35-19-34-23)29-10-4-9-28(11-12-29)17-22-18-30(13-14-33-22)26(32)27-16-20-5-2-1-3-6-20/h1-3,5-8,15,22H,4,9-14,16-19H2,(H,27,32). The fraction of sp³-hybridized carbons (Fsp3) is 0.462. The van der Waals surface area contributed by atoms with Crippen LogP contribution in [0.15, 0.2) is 48.5 Å². The van der Waals surface area contributed by atoms with Gasteiger partial charge in [0.25, 0.3) is 5.91 Å². The van der Waals surface area contributed by atoms with Gasteiger partial charge < -0.3 is 29.3 Å². The molecule has 1 atom stereocenters. The van der Waals surface area contributed by atoms with E-state index < -0.39 is 0 Å². The molecule has 2 aromatic carbocycles. The molecule has 35 heavy (non-hydrogen) atoms. The second-order valence-electron chi connectivity index (χ2n) is 9.10. The number of hydrogen-bond donors (Lipinski definition) is 1. The lowest BCUT2D eigenvalue weighted by Gasteiger charge is -2.35. The average Bonchev–Trinajstić information content (AvgIpc) is 3.25. The highest BCUT2D eigenvalue weighted by Gasteiger charge is 2.28. The average molecular weight is 481 g/mol. The van der Waals surface area contributed by atoms with Crippen molar-refractivity contribution in [2.45, 2.75) is 19.1 Å². The zero-order valence-corrected chi connectivity index (χ0v) is 19.9. The molecule has 3 heterocycles. The van der Waals surface area contributed by atoms with Crippen molar-refractivity contribution in [3.63, 3.8) is 0 Å². The molecule has 3 aliphatic heterocycles. The second-order valence-corrected chi connectivity index (χ2v) is 9.10. The van der Waals surface area contributed by atoms with E-state index in [4.69, 9.17) is 14.2 Å². The van der Waals surface area contributed by atoms with E-state index in [9.17, 15) is 9.59 Å². The fourth-order valence-electron chi connectivity index (χ4n) is 4.76. The van der Waals surface area contributed by atoms with Crippen LogP contribution >= 0.6 is 0 Å². The highest BCUT2D eigenvalue weighted by molar-refractivity contribution is 5.95. The number of nitrogens with zero attached hydrogens (tertiary/aromatic N) is 3. The van der Waals surface area contributed by atoms with Crippen LogP contribution in [-0.2, 0) is 11.3 Å². The summed E-state index contributed by atoms with van der Waals surface area (Å²) in [6, 6.07) is 15.2. The van der Waals surface area contributed by atoms with Gasteiger partial charge in [0.1, 0.15) is 0 Å². The Morgan fingerprint density at radius 3 is 2.66 bits per heavy atom. The van der Waals surface area contributed by atoms with Gasteiger partial charge in [-0.2, -0.15) is 0 Å². The number of morpholine rings is 1. The SMILES string of the molecule is O=C(NCc1ccccc1)N1CCOC(CN2CCCN(C(=O)c3ccc4c(c3)OCO4)CC2)C1. The number of nitrogens with one attached hydrogen (secondary N) is 1. The Morgan fingerprint density at radius 1 is 0.914 bits per heavy atom. The predicted molar refractivity (Wildman–Crippen MR) is 130 cm³/mol. The highest BCUT2D eigenvalue weighted by atomic mass is 16.7. The Balaban J connectivity index is 1.10. The summed E-state index contributed by atoms with van der Waals surface area (Å²) in [5, 5.41) is 3.01. The van der Waals surface area contributed by atoms with Crippen molar-refractivity contribution in [1.29, 1.82) is 0 Å². The van der Waals surface area contributed by atoms with Gasteiger partial charge in [0.15, 0.2) is 11.5 Å². The molecule has 1 N–H and O–H groups in total. The minimum absolute atomic E-state index is 0.0142. The zero-order chi connectivity index (χ0) is 24.0. The van der Waals surface area contributed by atoms with Gasteiger partial charge in [-0.05, 0) is 36.7 Å². The first-order valence-corrected chi connectivity index (χ1v) is 12.3. The molecule has 0 spiro atoms. The number of urea groups is 1. The quantitative estimate of drug-likeness (QED) is 0.706. The van der Waals surface area contributed by atoms with Crippen LogP contribution in [0, 0.1) is 0 Å². The van der Waals surface area contributed by atoms with Crippen LogP contribution in [-0.4, -0.2) is 92.0 Å². The lowest BCUT2D eigenvalue weighted by Crippen LogP contribution is -2.52. The summed E-state index contributed by atoms with van der Waals surface area (Å²) in [4.78, 5) is 31.8. The van der Waals surface area contributed by atoms with E-state index in [-0.39, 0.29) is 24.8 Å². The van der Waals surface area contributed by atoms with Gasteiger partial charge in [-0.1, -0.05) is 30.3 Å². The van der Waals surface area contributed by atoms with Crippen LogP contribution in [0.5, 0.6) is 11.5 Å². The van der Waals surface area contributed by atoms with Gasteiger partial charge in [0, 0.05) is 51.4 Å². The summed E-state index contributed by atoms with van der Waals surface area (Å²) in [6.07, 6.45) is 0.854. The number of ether oxygens (including phenoxy) is 3. The van der Waals surface area contributed by atoms with E-state index in [1.807, 2.05) is 40.1 Å². The molecule has 9 nitrogen and oxygen atoms in total. The van der Waals surface area contributed by atoms with Crippen LogP contribution in [0.25, 0.3) is 0 Å². The van der Waals surface area contributed by atoms with Crippen LogP contribution in [0.1, 0.15) is 22.3 Å². The maximum Gasteiger partial charge on any atom is 0.317 e. The molecule has 0 aliphatic carbocycles. The maximum atomic E-state index is 13.1. The Bertz CT molecular complexity index is 1030. The van der Waals surface area contributed by atoms with Gasteiger partial charge in [-0.3, -0.25) is 9.69 Å². The van der Waals surface area contributed by atoms with E-state index in [2.05, 4.69) is 10.2 Å². The van der Waals surface area contributed by atoms with E-state index in [1.165, 1.54) is 0 Å². The third kappa shape index (κ3) is 5.86. The van der Waals surface area contributed by atoms with Crippen molar-refractivity contribution in [1.82, 2.24) is 20.0 Å². The molecule has 0 bridgehead atoms. The summed E-state index contributed by atoms with van der Waals surface area (Å²) in [5.74, 6) is 1.32. The number of benzene rings is 2. The van der Waals surface area contributed by atoms with Crippen LogP contribution in [0.2, 0.25) is 0 Å². The number of amides is 3. The number of rotatable bonds is 5.